The second-order valence-corrected chi connectivity index (χ2v) is 5.65. The summed E-state index contributed by atoms with van der Waals surface area (Å²) in [7, 11) is 0. The third kappa shape index (κ3) is 1.92. The molecule has 1 amide bonds. The highest BCUT2D eigenvalue weighted by atomic mass is 32.2. The number of β-lactam (4-membered cyclic amide) rings is 1. The lowest BCUT2D eigenvalue weighted by Crippen LogP contribution is -2.61. The number of carbonyl (C=O) groups is 2. The van der Waals surface area contributed by atoms with E-state index in [1.165, 1.54) is 16.7 Å². The predicted molar refractivity (Wildman–Crippen MR) is 66.6 cm³/mol. The highest BCUT2D eigenvalue weighted by Gasteiger charge is 2.56. The Morgan fingerprint density at radius 3 is 2.83 bits per heavy atom. The van der Waals surface area contributed by atoms with Crippen LogP contribution < -0.4 is 5.73 Å². The molecule has 2 aliphatic heterocycles. The monoisotopic (exact) mass is 272 g/mol. The second-order valence-electron chi connectivity index (χ2n) is 4.46. The van der Waals surface area contributed by atoms with Crippen LogP contribution in [-0.2, 0) is 9.59 Å². The molecule has 0 aromatic carbocycles. The van der Waals surface area contributed by atoms with Gasteiger partial charge in [0, 0.05) is 23.6 Å². The maximum atomic E-state index is 11.9. The van der Waals surface area contributed by atoms with Crippen molar-refractivity contribution in [2.24, 2.45) is 11.7 Å². The minimum atomic E-state index is -1.09. The Kier molecular flexibility index (Phi) is 3.65. The maximum absolute atomic E-state index is 11.9. The van der Waals surface area contributed by atoms with Crippen LogP contribution in [0, 0.1) is 5.92 Å². The first-order chi connectivity index (χ1) is 8.49. The van der Waals surface area contributed by atoms with Gasteiger partial charge in [0.2, 0.25) is 5.91 Å². The number of aliphatic carboxylic acids is 1. The van der Waals surface area contributed by atoms with Crippen LogP contribution in [0.15, 0.2) is 10.6 Å². The van der Waals surface area contributed by atoms with Crippen molar-refractivity contribution in [1.82, 2.24) is 4.90 Å². The zero-order valence-electron chi connectivity index (χ0n) is 10.00. The molecular formula is C11H16N2O4S. The number of hydrogen-bond acceptors (Lipinski definition) is 5. The molecule has 1 fully saturated rings. The Balaban J connectivity index is 2.21. The van der Waals surface area contributed by atoms with Crippen LogP contribution in [0.5, 0.6) is 0 Å². The van der Waals surface area contributed by atoms with E-state index in [2.05, 4.69) is 0 Å². The average Bonchev–Trinajstić information content (AvgIpc) is 2.60. The third-order valence-electron chi connectivity index (χ3n) is 3.28. The van der Waals surface area contributed by atoms with Crippen molar-refractivity contribution in [3.63, 3.8) is 0 Å². The van der Waals surface area contributed by atoms with Crippen LogP contribution in [-0.4, -0.2) is 51.4 Å². The lowest BCUT2D eigenvalue weighted by molar-refractivity contribution is -0.161. The van der Waals surface area contributed by atoms with Crippen LogP contribution in [0.4, 0.5) is 0 Å². The number of nitrogens with zero attached hydrogens (tertiary/aromatic N) is 1. The normalized spacial score (nSPS) is 28.2. The van der Waals surface area contributed by atoms with Gasteiger partial charge in [-0.1, -0.05) is 0 Å². The van der Waals surface area contributed by atoms with E-state index >= 15 is 0 Å². The summed E-state index contributed by atoms with van der Waals surface area (Å²) >= 11 is 1.38. The van der Waals surface area contributed by atoms with Crippen LogP contribution in [0.25, 0.3) is 0 Å². The van der Waals surface area contributed by atoms with Crippen molar-refractivity contribution >= 4 is 23.6 Å². The van der Waals surface area contributed by atoms with E-state index in [4.69, 9.17) is 5.73 Å². The number of fused-ring (bicyclic) bond motifs is 1. The zero-order chi connectivity index (χ0) is 13.4. The van der Waals surface area contributed by atoms with Gasteiger partial charge in [-0.15, -0.1) is 11.8 Å². The van der Waals surface area contributed by atoms with Gasteiger partial charge in [-0.25, -0.2) is 4.79 Å². The predicted octanol–water partition coefficient (Wildman–Crippen LogP) is -0.414. The molecule has 7 heteroatoms. The first-order valence-corrected chi connectivity index (χ1v) is 6.78. The van der Waals surface area contributed by atoms with Crippen molar-refractivity contribution < 1.29 is 19.8 Å². The van der Waals surface area contributed by atoms with Gasteiger partial charge in [0.15, 0.2) is 0 Å². The minimum absolute atomic E-state index is 0.0698. The molecule has 1 saturated heterocycles. The number of carbonyl (C=O) groups excluding carboxylic acids is 1. The molecule has 0 saturated carbocycles. The van der Waals surface area contributed by atoms with Gasteiger partial charge >= 0.3 is 5.97 Å². The SMILES string of the molecule is C[C@@H](O)[C@H]1C(=O)N2C(C(=O)O)=C(SCCN)CC12. The zero-order valence-corrected chi connectivity index (χ0v) is 10.8. The molecule has 0 bridgehead atoms. The second kappa shape index (κ2) is 4.91. The van der Waals surface area contributed by atoms with Gasteiger partial charge in [-0.2, -0.15) is 0 Å². The van der Waals surface area contributed by atoms with E-state index in [0.717, 1.165) is 0 Å². The molecule has 0 spiro atoms. The van der Waals surface area contributed by atoms with E-state index < -0.39 is 18.0 Å². The summed E-state index contributed by atoms with van der Waals surface area (Å²) in [5, 5.41) is 18.7. The van der Waals surface area contributed by atoms with Crippen LogP contribution in [0.1, 0.15) is 13.3 Å². The fourth-order valence-electron chi connectivity index (χ4n) is 2.54. The average molecular weight is 272 g/mol. The fraction of sp³-hybridized carbons (Fsp3) is 0.636. The number of hydrogen-bond donors (Lipinski definition) is 3. The Labute approximate surface area is 109 Å². The first kappa shape index (κ1) is 13.4. The molecule has 0 aliphatic carbocycles. The smallest absolute Gasteiger partial charge is 0.353 e. The molecule has 0 radical (unpaired) electrons. The fourth-order valence-corrected chi connectivity index (χ4v) is 3.52. The van der Waals surface area contributed by atoms with Gasteiger partial charge in [0.1, 0.15) is 5.70 Å². The molecule has 2 aliphatic rings. The summed E-state index contributed by atoms with van der Waals surface area (Å²) in [6.07, 6.45) is -0.235. The highest BCUT2D eigenvalue weighted by molar-refractivity contribution is 8.03. The van der Waals surface area contributed by atoms with Gasteiger partial charge in [0.05, 0.1) is 18.1 Å². The molecule has 3 atom stereocenters. The van der Waals surface area contributed by atoms with Gasteiger partial charge in [-0.3, -0.25) is 4.79 Å². The number of aliphatic hydroxyl groups excluding tert-OH is 1. The lowest BCUT2D eigenvalue weighted by Gasteiger charge is -2.44. The Hall–Kier alpha value is -1.05. The molecule has 4 N–H and O–H groups in total. The lowest BCUT2D eigenvalue weighted by atomic mass is 9.83. The molecule has 0 aromatic heterocycles. The summed E-state index contributed by atoms with van der Waals surface area (Å²) in [5.74, 6) is -1.24. The number of rotatable bonds is 5. The number of carboxylic acids is 1. The molecule has 2 rings (SSSR count). The van der Waals surface area contributed by atoms with Crippen LogP contribution >= 0.6 is 11.8 Å². The van der Waals surface area contributed by atoms with Crippen molar-refractivity contribution in [2.45, 2.75) is 25.5 Å². The highest BCUT2D eigenvalue weighted by Crippen LogP contribution is 2.46. The van der Waals surface area contributed by atoms with E-state index in [1.54, 1.807) is 6.92 Å². The van der Waals surface area contributed by atoms with E-state index in [0.29, 0.717) is 23.6 Å². The number of amides is 1. The summed E-state index contributed by atoms with van der Waals surface area (Å²) in [5.41, 5.74) is 5.47. The molecule has 1 unspecified atom stereocenters. The first-order valence-electron chi connectivity index (χ1n) is 5.79. The van der Waals surface area contributed by atoms with Crippen molar-refractivity contribution in [3.05, 3.63) is 10.6 Å². The number of aliphatic hydroxyl groups is 1. The van der Waals surface area contributed by atoms with Gasteiger partial charge < -0.3 is 20.8 Å². The summed E-state index contributed by atoms with van der Waals surface area (Å²) in [6, 6.07) is -0.205. The van der Waals surface area contributed by atoms with Crippen molar-refractivity contribution in [3.8, 4) is 0 Å². The van der Waals surface area contributed by atoms with Crippen molar-refractivity contribution in [2.75, 3.05) is 12.3 Å². The van der Waals surface area contributed by atoms with Crippen LogP contribution in [0.2, 0.25) is 0 Å². The summed E-state index contributed by atoms with van der Waals surface area (Å²) in [6.45, 7) is 2.02. The Morgan fingerprint density at radius 1 is 1.67 bits per heavy atom. The van der Waals surface area contributed by atoms with Crippen molar-refractivity contribution in [1.29, 1.82) is 0 Å². The molecule has 2 heterocycles. The standard InChI is InChI=1S/C11H16N2O4S/c1-5(14)8-6-4-7(18-3-2-12)9(11(16)17)13(6)10(8)15/h5-6,8,14H,2-4,12H2,1H3,(H,16,17)/t5-,6?,8-/m1/s1. The number of carboxylic acid groups (broad SMARTS) is 1. The van der Waals surface area contributed by atoms with Crippen LogP contribution in [0.3, 0.4) is 0 Å². The molecular weight excluding hydrogens is 256 g/mol. The quantitative estimate of drug-likeness (QED) is 0.588. The van der Waals surface area contributed by atoms with Gasteiger partial charge in [-0.05, 0) is 6.92 Å². The summed E-state index contributed by atoms with van der Waals surface area (Å²) in [4.78, 5) is 25.1. The largest absolute Gasteiger partial charge is 0.477 e. The Bertz CT molecular complexity index is 421. The number of nitrogens with two attached hydrogens (primary N) is 1. The molecule has 18 heavy (non-hydrogen) atoms. The molecule has 6 nitrogen and oxygen atoms in total. The summed E-state index contributed by atoms with van der Waals surface area (Å²) < 4.78 is 0. The van der Waals surface area contributed by atoms with E-state index in [9.17, 15) is 19.8 Å². The Morgan fingerprint density at radius 2 is 2.33 bits per heavy atom. The molecule has 100 valence electrons. The minimum Gasteiger partial charge on any atom is -0.477 e. The number of thioether (sulfide) groups is 1. The van der Waals surface area contributed by atoms with Gasteiger partial charge in [0.25, 0.3) is 0 Å². The third-order valence-corrected chi connectivity index (χ3v) is 4.43. The molecule has 0 aromatic rings. The topological polar surface area (TPSA) is 104 Å². The van der Waals surface area contributed by atoms with E-state index in [-0.39, 0.29) is 17.6 Å². The maximum Gasteiger partial charge on any atom is 0.353 e. The van der Waals surface area contributed by atoms with E-state index in [1.807, 2.05) is 0 Å².